The standard InChI is InChI=1S/C18H17NO4/c1-2-6-13-18-10-9-12(23-18)14(17(21)22)15(18)16(20)19(13)11-7-4-3-5-8-11/h2-5,7-10,12-15H,1,6H2,(H,21,22)/t12-,13-,14-,15+,18-/m0/s1. The van der Waals surface area contributed by atoms with Crippen LogP contribution in [-0.2, 0) is 14.3 Å². The molecule has 5 heteroatoms. The second kappa shape index (κ2) is 4.80. The Labute approximate surface area is 133 Å². The van der Waals surface area contributed by atoms with Gasteiger partial charge in [-0.05, 0) is 18.6 Å². The van der Waals surface area contributed by atoms with Crippen LogP contribution in [0.15, 0.2) is 55.1 Å². The van der Waals surface area contributed by atoms with Crippen molar-refractivity contribution in [2.75, 3.05) is 4.90 Å². The number of anilines is 1. The van der Waals surface area contributed by atoms with Crippen molar-refractivity contribution < 1.29 is 19.4 Å². The first-order valence-electron chi connectivity index (χ1n) is 7.69. The molecule has 2 bridgehead atoms. The van der Waals surface area contributed by atoms with Crippen molar-refractivity contribution in [2.45, 2.75) is 24.2 Å². The molecule has 4 rings (SSSR count). The topological polar surface area (TPSA) is 66.8 Å². The predicted octanol–water partition coefficient (Wildman–Crippen LogP) is 2.00. The van der Waals surface area contributed by atoms with E-state index >= 15 is 0 Å². The first-order valence-corrected chi connectivity index (χ1v) is 7.69. The Hall–Kier alpha value is -2.40. The van der Waals surface area contributed by atoms with Crippen LogP contribution in [0.2, 0.25) is 0 Å². The molecule has 0 aromatic heterocycles. The van der Waals surface area contributed by atoms with Crippen molar-refractivity contribution in [3.63, 3.8) is 0 Å². The smallest absolute Gasteiger partial charge is 0.310 e. The molecule has 5 atom stereocenters. The summed E-state index contributed by atoms with van der Waals surface area (Å²) in [6.07, 6.45) is 5.44. The molecule has 1 aromatic carbocycles. The number of hydrogen-bond acceptors (Lipinski definition) is 3. The van der Waals surface area contributed by atoms with E-state index in [2.05, 4.69) is 6.58 Å². The van der Waals surface area contributed by atoms with Crippen LogP contribution in [0.5, 0.6) is 0 Å². The number of carbonyl (C=O) groups is 2. The highest BCUT2D eigenvalue weighted by Gasteiger charge is 2.71. The van der Waals surface area contributed by atoms with Crippen LogP contribution in [0.3, 0.4) is 0 Å². The molecule has 2 saturated heterocycles. The Morgan fingerprint density at radius 1 is 1.39 bits per heavy atom. The SMILES string of the molecule is C=CC[C@@H]1N(c2ccccc2)C(=O)[C@H]2[C@@H](C(=O)O)[C@@H]3C=C[C@]12O3. The number of rotatable bonds is 4. The molecule has 1 N–H and O–H groups in total. The van der Waals surface area contributed by atoms with Gasteiger partial charge in [0.2, 0.25) is 5.91 Å². The zero-order chi connectivity index (χ0) is 16.2. The fourth-order valence-corrected chi connectivity index (χ4v) is 4.27. The zero-order valence-corrected chi connectivity index (χ0v) is 12.5. The van der Waals surface area contributed by atoms with Crippen molar-refractivity contribution in [3.05, 3.63) is 55.1 Å². The predicted molar refractivity (Wildman–Crippen MR) is 83.9 cm³/mol. The van der Waals surface area contributed by atoms with Gasteiger partial charge in [-0.25, -0.2) is 0 Å². The van der Waals surface area contributed by atoms with Crippen LogP contribution in [-0.4, -0.2) is 34.7 Å². The Morgan fingerprint density at radius 3 is 2.78 bits per heavy atom. The maximum Gasteiger partial charge on any atom is 0.310 e. The summed E-state index contributed by atoms with van der Waals surface area (Å²) in [5.74, 6) is -2.66. The van der Waals surface area contributed by atoms with E-state index in [4.69, 9.17) is 4.74 Å². The highest BCUT2D eigenvalue weighted by atomic mass is 16.5. The maximum absolute atomic E-state index is 13.1. The molecule has 0 aliphatic carbocycles. The van der Waals surface area contributed by atoms with Crippen molar-refractivity contribution >= 4 is 17.6 Å². The third kappa shape index (κ3) is 1.71. The summed E-state index contributed by atoms with van der Waals surface area (Å²) in [6.45, 7) is 3.79. The summed E-state index contributed by atoms with van der Waals surface area (Å²) in [4.78, 5) is 26.5. The van der Waals surface area contributed by atoms with E-state index in [0.29, 0.717) is 6.42 Å². The van der Waals surface area contributed by atoms with Gasteiger partial charge in [0.05, 0.1) is 18.1 Å². The van der Waals surface area contributed by atoms with E-state index in [1.807, 2.05) is 36.4 Å². The number of para-hydroxylation sites is 1. The molecule has 0 radical (unpaired) electrons. The monoisotopic (exact) mass is 311 g/mol. The van der Waals surface area contributed by atoms with Gasteiger partial charge >= 0.3 is 5.97 Å². The van der Waals surface area contributed by atoms with E-state index < -0.39 is 29.5 Å². The second-order valence-electron chi connectivity index (χ2n) is 6.22. The van der Waals surface area contributed by atoms with E-state index in [0.717, 1.165) is 5.69 Å². The van der Waals surface area contributed by atoms with Gasteiger partial charge in [-0.15, -0.1) is 6.58 Å². The number of aliphatic carboxylic acids is 1. The Bertz CT molecular complexity index is 713. The Balaban J connectivity index is 1.85. The van der Waals surface area contributed by atoms with Gasteiger partial charge in [-0.2, -0.15) is 0 Å². The summed E-state index contributed by atoms with van der Waals surface area (Å²) < 4.78 is 6.04. The van der Waals surface area contributed by atoms with E-state index in [1.54, 1.807) is 17.1 Å². The van der Waals surface area contributed by atoms with Gasteiger partial charge in [-0.3, -0.25) is 9.59 Å². The second-order valence-corrected chi connectivity index (χ2v) is 6.22. The number of benzene rings is 1. The summed E-state index contributed by atoms with van der Waals surface area (Å²) in [7, 11) is 0. The molecule has 1 aromatic rings. The minimum Gasteiger partial charge on any atom is -0.481 e. The number of nitrogens with zero attached hydrogens (tertiary/aromatic N) is 1. The van der Waals surface area contributed by atoms with Crippen molar-refractivity contribution in [1.82, 2.24) is 0 Å². The molecule has 3 heterocycles. The minimum atomic E-state index is -0.980. The number of carboxylic acids is 1. The van der Waals surface area contributed by atoms with Gasteiger partial charge in [0.1, 0.15) is 11.5 Å². The minimum absolute atomic E-state index is 0.178. The number of hydrogen-bond donors (Lipinski definition) is 1. The molecule has 1 spiro atoms. The van der Waals surface area contributed by atoms with Crippen molar-refractivity contribution in [3.8, 4) is 0 Å². The highest BCUT2D eigenvalue weighted by molar-refractivity contribution is 6.03. The summed E-state index contributed by atoms with van der Waals surface area (Å²) in [6, 6.07) is 9.05. The molecule has 3 aliphatic heterocycles. The van der Waals surface area contributed by atoms with Crippen LogP contribution < -0.4 is 4.90 Å². The normalized spacial score (nSPS) is 37.2. The molecule has 5 nitrogen and oxygen atoms in total. The molecule has 3 aliphatic rings. The Morgan fingerprint density at radius 2 is 2.13 bits per heavy atom. The lowest BCUT2D eigenvalue weighted by Gasteiger charge is -2.32. The van der Waals surface area contributed by atoms with Gasteiger partial charge < -0.3 is 14.7 Å². The average molecular weight is 311 g/mol. The lowest BCUT2D eigenvalue weighted by atomic mass is 9.74. The largest absolute Gasteiger partial charge is 0.481 e. The molecule has 2 fully saturated rings. The van der Waals surface area contributed by atoms with E-state index in [1.165, 1.54) is 0 Å². The highest BCUT2D eigenvalue weighted by Crippen LogP contribution is 2.56. The van der Waals surface area contributed by atoms with E-state index in [9.17, 15) is 14.7 Å². The number of carbonyl (C=O) groups excluding carboxylic acids is 1. The number of amides is 1. The van der Waals surface area contributed by atoms with Crippen molar-refractivity contribution in [1.29, 1.82) is 0 Å². The summed E-state index contributed by atoms with van der Waals surface area (Å²) in [5.41, 5.74) is -0.104. The number of fused-ring (bicyclic) bond motifs is 1. The van der Waals surface area contributed by atoms with Gasteiger partial charge in [0.25, 0.3) is 0 Å². The van der Waals surface area contributed by atoms with Crippen molar-refractivity contribution in [2.24, 2.45) is 11.8 Å². The summed E-state index contributed by atoms with van der Waals surface area (Å²) >= 11 is 0. The number of ether oxygens (including phenoxy) is 1. The quantitative estimate of drug-likeness (QED) is 0.864. The third-order valence-electron chi connectivity index (χ3n) is 5.13. The molecule has 0 unspecified atom stereocenters. The lowest BCUT2D eigenvalue weighted by molar-refractivity contribution is -0.146. The van der Waals surface area contributed by atoms with Crippen LogP contribution in [0.25, 0.3) is 0 Å². The molecule has 23 heavy (non-hydrogen) atoms. The molecule has 0 saturated carbocycles. The fourth-order valence-electron chi connectivity index (χ4n) is 4.27. The number of carboxylic acid groups (broad SMARTS) is 1. The van der Waals surface area contributed by atoms with Gasteiger partial charge in [-0.1, -0.05) is 36.4 Å². The fraction of sp³-hybridized carbons (Fsp3) is 0.333. The summed E-state index contributed by atoms with van der Waals surface area (Å²) in [5, 5.41) is 9.57. The first kappa shape index (κ1) is 14.2. The molecular weight excluding hydrogens is 294 g/mol. The molecule has 1 amide bonds. The zero-order valence-electron chi connectivity index (χ0n) is 12.5. The van der Waals surface area contributed by atoms with Gasteiger partial charge in [0.15, 0.2) is 0 Å². The maximum atomic E-state index is 13.1. The molecular formula is C18H17NO4. The Kier molecular flexibility index (Phi) is 2.96. The third-order valence-corrected chi connectivity index (χ3v) is 5.13. The van der Waals surface area contributed by atoms with E-state index in [-0.39, 0.29) is 11.9 Å². The average Bonchev–Trinajstić information content (AvgIpc) is 3.18. The van der Waals surface area contributed by atoms with Crippen LogP contribution >= 0.6 is 0 Å². The first-order chi connectivity index (χ1) is 11.1. The van der Waals surface area contributed by atoms with Crippen LogP contribution in [0, 0.1) is 11.8 Å². The lowest BCUT2D eigenvalue weighted by Crippen LogP contribution is -2.45. The van der Waals surface area contributed by atoms with Crippen LogP contribution in [0.1, 0.15) is 6.42 Å². The van der Waals surface area contributed by atoms with Crippen LogP contribution in [0.4, 0.5) is 5.69 Å². The molecule has 118 valence electrons. The van der Waals surface area contributed by atoms with Gasteiger partial charge in [0, 0.05) is 5.69 Å².